The molecule has 3 N–H and O–H groups in total. The third-order valence-corrected chi connectivity index (χ3v) is 4.62. The summed E-state index contributed by atoms with van der Waals surface area (Å²) in [6.45, 7) is 2.93. The van der Waals surface area contributed by atoms with Crippen molar-refractivity contribution in [2.75, 3.05) is 19.8 Å². The number of fused-ring (bicyclic) bond motifs is 1. The molecule has 6 nitrogen and oxygen atoms in total. The number of nitrogens with one attached hydrogen (secondary N) is 1. The molecule has 30 heavy (non-hydrogen) atoms. The molecule has 0 radical (unpaired) electrons. The maximum Gasteiger partial charge on any atom is 0.220 e. The Kier molecular flexibility index (Phi) is 10.7. The Morgan fingerprint density at radius 3 is 2.87 bits per heavy atom. The van der Waals surface area contributed by atoms with Crippen LogP contribution < -0.4 is 10.1 Å². The van der Waals surface area contributed by atoms with Crippen LogP contribution in [0.3, 0.4) is 0 Å². The van der Waals surface area contributed by atoms with E-state index in [0.29, 0.717) is 37.3 Å². The van der Waals surface area contributed by atoms with E-state index in [2.05, 4.69) is 29.1 Å². The summed E-state index contributed by atoms with van der Waals surface area (Å²) >= 11 is 0. The predicted molar refractivity (Wildman–Crippen MR) is 118 cm³/mol. The minimum Gasteiger partial charge on any atom is -0.477 e. The number of hydrogen-bond donors (Lipinski definition) is 3. The van der Waals surface area contributed by atoms with Gasteiger partial charge < -0.3 is 20.3 Å². The summed E-state index contributed by atoms with van der Waals surface area (Å²) in [6.07, 6.45) is 4.25. The summed E-state index contributed by atoms with van der Waals surface area (Å²) in [5.74, 6) is 6.40. The van der Waals surface area contributed by atoms with Crippen LogP contribution >= 0.6 is 0 Å². The number of amides is 1. The van der Waals surface area contributed by atoms with Crippen LogP contribution in [-0.2, 0) is 4.79 Å². The van der Waals surface area contributed by atoms with Gasteiger partial charge in [0.05, 0.1) is 24.8 Å². The number of carbonyl (C=O) groups excluding carboxylic acids is 1. The first-order valence-electron chi connectivity index (χ1n) is 10.7. The van der Waals surface area contributed by atoms with Crippen LogP contribution in [0.2, 0.25) is 0 Å². The van der Waals surface area contributed by atoms with Gasteiger partial charge in [0.15, 0.2) is 0 Å². The first-order chi connectivity index (χ1) is 14.7. The van der Waals surface area contributed by atoms with Crippen LogP contribution in [0, 0.1) is 11.8 Å². The molecule has 6 heteroatoms. The molecule has 1 aromatic carbocycles. The SMILES string of the molecule is CCCCCOc1nc2ccccc2cc1C(O)CC#CCCCC(=O)NCCO. The second-order valence-electron chi connectivity index (χ2n) is 7.13. The van der Waals surface area contributed by atoms with Crippen molar-refractivity contribution in [3.63, 3.8) is 0 Å². The second-order valence-corrected chi connectivity index (χ2v) is 7.13. The molecule has 0 bridgehead atoms. The molecule has 0 saturated heterocycles. The van der Waals surface area contributed by atoms with Crippen LogP contribution in [0.4, 0.5) is 0 Å². The predicted octanol–water partition coefficient (Wildman–Crippen LogP) is 3.51. The fourth-order valence-corrected chi connectivity index (χ4v) is 2.98. The molecule has 0 aliphatic carbocycles. The maximum atomic E-state index is 11.5. The fourth-order valence-electron chi connectivity index (χ4n) is 2.98. The lowest BCUT2D eigenvalue weighted by atomic mass is 10.1. The fraction of sp³-hybridized carbons (Fsp3) is 0.500. The lowest BCUT2D eigenvalue weighted by Gasteiger charge is -2.15. The Bertz CT molecular complexity index is 857. The van der Waals surface area contributed by atoms with Crippen molar-refractivity contribution in [2.45, 2.75) is 58.0 Å². The van der Waals surface area contributed by atoms with Gasteiger partial charge in [-0.3, -0.25) is 4.79 Å². The molecule has 0 spiro atoms. The van der Waals surface area contributed by atoms with Crippen LogP contribution in [0.1, 0.15) is 63.5 Å². The van der Waals surface area contributed by atoms with Crippen LogP contribution in [0.15, 0.2) is 30.3 Å². The average molecular weight is 413 g/mol. The highest BCUT2D eigenvalue weighted by Crippen LogP contribution is 2.29. The first-order valence-corrected chi connectivity index (χ1v) is 10.7. The number of benzene rings is 1. The summed E-state index contributed by atoms with van der Waals surface area (Å²) in [5.41, 5.74) is 1.49. The molecule has 1 unspecified atom stereocenters. The number of aliphatic hydroxyl groups excluding tert-OH is 2. The van der Waals surface area contributed by atoms with Crippen molar-refractivity contribution in [3.05, 3.63) is 35.9 Å². The first kappa shape index (κ1) is 23.7. The summed E-state index contributed by atoms with van der Waals surface area (Å²) in [6, 6.07) is 9.70. The van der Waals surface area contributed by atoms with Gasteiger partial charge in [-0.2, -0.15) is 0 Å². The molecule has 1 amide bonds. The van der Waals surface area contributed by atoms with E-state index in [1.807, 2.05) is 30.3 Å². The van der Waals surface area contributed by atoms with E-state index in [9.17, 15) is 9.90 Å². The maximum absolute atomic E-state index is 11.5. The van der Waals surface area contributed by atoms with Gasteiger partial charge >= 0.3 is 0 Å². The largest absolute Gasteiger partial charge is 0.477 e. The Morgan fingerprint density at radius 1 is 1.23 bits per heavy atom. The van der Waals surface area contributed by atoms with E-state index < -0.39 is 6.10 Å². The lowest BCUT2D eigenvalue weighted by molar-refractivity contribution is -0.121. The summed E-state index contributed by atoms with van der Waals surface area (Å²) in [4.78, 5) is 16.1. The number of para-hydroxylation sites is 1. The van der Waals surface area contributed by atoms with Crippen molar-refractivity contribution in [1.29, 1.82) is 0 Å². The van der Waals surface area contributed by atoms with Crippen molar-refractivity contribution >= 4 is 16.8 Å². The molecule has 1 aromatic heterocycles. The zero-order valence-electron chi connectivity index (χ0n) is 17.7. The van der Waals surface area contributed by atoms with Crippen LogP contribution in [0.25, 0.3) is 10.9 Å². The monoisotopic (exact) mass is 412 g/mol. The van der Waals surface area contributed by atoms with Gasteiger partial charge in [0.25, 0.3) is 0 Å². The van der Waals surface area contributed by atoms with E-state index >= 15 is 0 Å². The van der Waals surface area contributed by atoms with Gasteiger partial charge in [-0.15, -0.1) is 11.8 Å². The number of nitrogens with zero attached hydrogens (tertiary/aromatic N) is 1. The van der Waals surface area contributed by atoms with Gasteiger partial charge in [0.1, 0.15) is 0 Å². The van der Waals surface area contributed by atoms with Crippen molar-refractivity contribution in [2.24, 2.45) is 0 Å². The minimum atomic E-state index is -0.788. The van der Waals surface area contributed by atoms with Gasteiger partial charge in [0, 0.05) is 36.8 Å². The topological polar surface area (TPSA) is 91.7 Å². The lowest BCUT2D eigenvalue weighted by Crippen LogP contribution is -2.25. The Labute approximate surface area is 178 Å². The number of aromatic nitrogens is 1. The molecule has 2 rings (SSSR count). The Morgan fingerprint density at radius 2 is 2.07 bits per heavy atom. The van der Waals surface area contributed by atoms with E-state index in [0.717, 1.165) is 30.2 Å². The minimum absolute atomic E-state index is 0.0582. The highest BCUT2D eigenvalue weighted by Gasteiger charge is 2.16. The molecule has 0 aliphatic heterocycles. The molecule has 0 fully saturated rings. The number of carbonyl (C=O) groups is 1. The van der Waals surface area contributed by atoms with Crippen molar-refractivity contribution in [3.8, 4) is 17.7 Å². The van der Waals surface area contributed by atoms with Gasteiger partial charge in [-0.1, -0.05) is 38.0 Å². The zero-order chi connectivity index (χ0) is 21.6. The Balaban J connectivity index is 1.95. The molecule has 0 saturated carbocycles. The number of unbranched alkanes of at least 4 members (excludes halogenated alkanes) is 3. The third kappa shape index (κ3) is 8.02. The summed E-state index contributed by atoms with van der Waals surface area (Å²) in [5, 5.41) is 22.9. The third-order valence-electron chi connectivity index (χ3n) is 4.62. The summed E-state index contributed by atoms with van der Waals surface area (Å²) < 4.78 is 5.89. The molecular formula is C24H32N2O4. The molecule has 162 valence electrons. The van der Waals surface area contributed by atoms with E-state index in [4.69, 9.17) is 9.84 Å². The van der Waals surface area contributed by atoms with Crippen LogP contribution in [0.5, 0.6) is 5.88 Å². The quantitative estimate of drug-likeness (QED) is 0.367. The Hall–Kier alpha value is -2.62. The normalized spacial score (nSPS) is 11.6. The van der Waals surface area contributed by atoms with Gasteiger partial charge in [0.2, 0.25) is 11.8 Å². The number of pyridine rings is 1. The number of ether oxygens (including phenoxy) is 1. The van der Waals surface area contributed by atoms with Crippen molar-refractivity contribution < 1.29 is 19.7 Å². The van der Waals surface area contributed by atoms with Crippen molar-refractivity contribution in [1.82, 2.24) is 10.3 Å². The smallest absolute Gasteiger partial charge is 0.220 e. The molecule has 1 atom stereocenters. The standard InChI is InChI=1S/C24H32N2O4/c1-2-3-10-17-30-24-20(18-19-11-8-9-12-21(19)26-24)22(28)13-6-4-5-7-14-23(29)25-15-16-27/h8-9,11-12,18,22,27-28H,2-3,5,7,10,13-17H2,1H3,(H,25,29). The highest BCUT2D eigenvalue weighted by atomic mass is 16.5. The number of rotatable bonds is 12. The second kappa shape index (κ2) is 13.6. The molecule has 0 aliphatic rings. The zero-order valence-corrected chi connectivity index (χ0v) is 17.7. The highest BCUT2D eigenvalue weighted by molar-refractivity contribution is 5.80. The molecule has 2 aromatic rings. The number of aliphatic hydroxyl groups is 2. The van der Waals surface area contributed by atoms with Gasteiger partial charge in [-0.25, -0.2) is 4.98 Å². The van der Waals surface area contributed by atoms with E-state index in [1.54, 1.807) is 0 Å². The van der Waals surface area contributed by atoms with Gasteiger partial charge in [-0.05, 0) is 25.0 Å². The van der Waals surface area contributed by atoms with E-state index in [1.165, 1.54) is 0 Å². The van der Waals surface area contributed by atoms with Crippen LogP contribution in [-0.4, -0.2) is 40.9 Å². The van der Waals surface area contributed by atoms with E-state index in [-0.39, 0.29) is 25.5 Å². The number of hydrogen-bond acceptors (Lipinski definition) is 5. The summed E-state index contributed by atoms with van der Waals surface area (Å²) in [7, 11) is 0. The average Bonchev–Trinajstić information content (AvgIpc) is 2.76. The molecule has 1 heterocycles. The molecular weight excluding hydrogens is 380 g/mol.